The Balaban J connectivity index is 2.00. The highest BCUT2D eigenvalue weighted by Gasteiger charge is 2.47. The first kappa shape index (κ1) is 15.9. The monoisotopic (exact) mass is 336 g/mol. The van der Waals surface area contributed by atoms with E-state index < -0.39 is 34.0 Å². The Labute approximate surface area is 128 Å². The van der Waals surface area contributed by atoms with Crippen LogP contribution in [0.5, 0.6) is 0 Å². The first-order valence-corrected chi connectivity index (χ1v) is 8.47. The molecule has 122 valence electrons. The number of hydrogen-bond acceptors (Lipinski definition) is 2. The van der Waals surface area contributed by atoms with Gasteiger partial charge >= 0.3 is 6.18 Å². The highest BCUT2D eigenvalue weighted by molar-refractivity contribution is 7.86. The molecule has 0 saturated carbocycles. The third-order valence-electron chi connectivity index (χ3n) is 4.60. The highest BCUT2D eigenvalue weighted by Crippen LogP contribution is 2.45. The molecule has 2 fully saturated rings. The summed E-state index contributed by atoms with van der Waals surface area (Å²) in [4.78, 5) is 0. The van der Waals surface area contributed by atoms with Crippen molar-refractivity contribution in [1.29, 1.82) is 0 Å². The molecular weight excluding hydrogens is 320 g/mol. The quantitative estimate of drug-likeness (QED) is 0.797. The van der Waals surface area contributed by atoms with Crippen molar-refractivity contribution >= 4 is 10.8 Å². The minimum atomic E-state index is -4.67. The number of alkyl halides is 3. The largest absolute Gasteiger partial charge is 0.416 e. The maximum absolute atomic E-state index is 13.6. The van der Waals surface area contributed by atoms with Crippen LogP contribution in [0.1, 0.15) is 43.2 Å². The molecule has 1 N–H and O–H groups in total. The van der Waals surface area contributed by atoms with E-state index in [9.17, 15) is 26.9 Å². The summed E-state index contributed by atoms with van der Waals surface area (Å²) in [5.74, 6) is -1.02. The van der Waals surface area contributed by atoms with Crippen LogP contribution >= 0.6 is 0 Å². The van der Waals surface area contributed by atoms with E-state index in [-0.39, 0.29) is 28.9 Å². The van der Waals surface area contributed by atoms with E-state index in [1.165, 1.54) is 0 Å². The van der Waals surface area contributed by atoms with E-state index in [0.717, 1.165) is 18.6 Å². The summed E-state index contributed by atoms with van der Waals surface area (Å²) >= 11 is 0. The molecule has 2 bridgehead atoms. The van der Waals surface area contributed by atoms with Crippen molar-refractivity contribution < 1.29 is 26.9 Å². The zero-order valence-corrected chi connectivity index (χ0v) is 12.5. The molecule has 0 aromatic heterocycles. The van der Waals surface area contributed by atoms with Gasteiger partial charge in [0.25, 0.3) is 0 Å². The van der Waals surface area contributed by atoms with Crippen molar-refractivity contribution in [2.45, 2.75) is 54.4 Å². The van der Waals surface area contributed by atoms with E-state index in [1.807, 2.05) is 0 Å². The molecule has 2 nitrogen and oxygen atoms in total. The Bertz CT molecular complexity index is 598. The number of hydrogen-bond donors (Lipinski definition) is 1. The summed E-state index contributed by atoms with van der Waals surface area (Å²) in [6.45, 7) is 0. The standard InChI is InChI=1S/C15H16F4O2S/c16-11-5-9(4-10(6-11)15(17,18)19)14(20)7-12-2-1-3-13(8-14)22(12)21/h4-6,12-13,20H,1-3,7-8H2. The maximum atomic E-state index is 13.6. The lowest BCUT2D eigenvalue weighted by Crippen LogP contribution is -2.47. The van der Waals surface area contributed by atoms with Crippen LogP contribution in [-0.2, 0) is 22.6 Å². The third-order valence-corrected chi connectivity index (χ3v) is 6.72. The predicted molar refractivity (Wildman–Crippen MR) is 74.1 cm³/mol. The normalized spacial score (nSPS) is 35.4. The highest BCUT2D eigenvalue weighted by atomic mass is 32.2. The zero-order chi connectivity index (χ0) is 16.1. The van der Waals surface area contributed by atoms with Gasteiger partial charge in [-0.05, 0) is 49.4 Å². The number of halogens is 4. The maximum Gasteiger partial charge on any atom is 0.416 e. The molecule has 2 aliphatic heterocycles. The Kier molecular flexibility index (Phi) is 3.84. The second kappa shape index (κ2) is 5.30. The molecule has 0 amide bonds. The van der Waals surface area contributed by atoms with Crippen LogP contribution < -0.4 is 0 Å². The average molecular weight is 336 g/mol. The van der Waals surface area contributed by atoms with Gasteiger partial charge in [0.05, 0.1) is 11.2 Å². The molecule has 0 radical (unpaired) electrons. The number of rotatable bonds is 1. The third kappa shape index (κ3) is 2.80. The molecule has 1 aromatic rings. The van der Waals surface area contributed by atoms with Crippen molar-refractivity contribution in [3.05, 3.63) is 35.1 Å². The molecule has 2 unspecified atom stereocenters. The summed E-state index contributed by atoms with van der Waals surface area (Å²) < 4.78 is 64.3. The van der Waals surface area contributed by atoms with Gasteiger partial charge in [0.15, 0.2) is 0 Å². The SMILES string of the molecule is O=S1C2CCCC1CC(O)(c1cc(F)cc(C(F)(F)F)c1)C2. The average Bonchev–Trinajstić information content (AvgIpc) is 2.39. The van der Waals surface area contributed by atoms with E-state index in [0.29, 0.717) is 18.9 Å². The van der Waals surface area contributed by atoms with Crippen LogP contribution in [0.3, 0.4) is 0 Å². The van der Waals surface area contributed by atoms with E-state index in [2.05, 4.69) is 0 Å². The Morgan fingerprint density at radius 2 is 1.73 bits per heavy atom. The predicted octanol–water partition coefficient (Wildman–Crippen LogP) is 3.50. The fourth-order valence-electron chi connectivity index (χ4n) is 3.54. The molecule has 7 heteroatoms. The van der Waals surface area contributed by atoms with Crippen LogP contribution in [0.25, 0.3) is 0 Å². The summed E-state index contributed by atoms with van der Waals surface area (Å²) in [5, 5.41) is 10.4. The smallest absolute Gasteiger partial charge is 0.385 e. The van der Waals surface area contributed by atoms with Crippen LogP contribution in [-0.4, -0.2) is 19.8 Å². The fourth-order valence-corrected chi connectivity index (χ4v) is 5.76. The zero-order valence-electron chi connectivity index (χ0n) is 11.7. The van der Waals surface area contributed by atoms with Gasteiger partial charge in [-0.25, -0.2) is 4.39 Å². The molecule has 3 rings (SSSR count). The van der Waals surface area contributed by atoms with Crippen LogP contribution in [0, 0.1) is 5.82 Å². The van der Waals surface area contributed by atoms with Gasteiger partial charge in [-0.2, -0.15) is 13.2 Å². The Morgan fingerprint density at radius 3 is 2.27 bits per heavy atom. The van der Waals surface area contributed by atoms with Crippen LogP contribution in [0.15, 0.2) is 18.2 Å². The first-order chi connectivity index (χ1) is 10.2. The van der Waals surface area contributed by atoms with E-state index >= 15 is 0 Å². The van der Waals surface area contributed by atoms with Gasteiger partial charge in [0.2, 0.25) is 0 Å². The number of fused-ring (bicyclic) bond motifs is 2. The van der Waals surface area contributed by atoms with Crippen molar-refractivity contribution in [3.63, 3.8) is 0 Å². The summed E-state index contributed by atoms with van der Waals surface area (Å²) in [6, 6.07) is 2.20. The Hall–Kier alpha value is -0.950. The van der Waals surface area contributed by atoms with Gasteiger partial charge in [-0.1, -0.05) is 6.42 Å². The van der Waals surface area contributed by atoms with E-state index in [4.69, 9.17) is 0 Å². The molecule has 2 heterocycles. The molecule has 2 saturated heterocycles. The van der Waals surface area contributed by atoms with Crippen molar-refractivity contribution in [2.75, 3.05) is 0 Å². The van der Waals surface area contributed by atoms with Crippen molar-refractivity contribution in [3.8, 4) is 0 Å². The molecule has 22 heavy (non-hydrogen) atoms. The van der Waals surface area contributed by atoms with Crippen molar-refractivity contribution in [2.24, 2.45) is 0 Å². The lowest BCUT2D eigenvalue weighted by atomic mass is 9.80. The van der Waals surface area contributed by atoms with E-state index in [1.54, 1.807) is 0 Å². The van der Waals surface area contributed by atoms with Crippen LogP contribution in [0.4, 0.5) is 17.6 Å². The fraction of sp³-hybridized carbons (Fsp3) is 0.600. The molecular formula is C15H16F4O2S. The lowest BCUT2D eigenvalue weighted by Gasteiger charge is -2.44. The Morgan fingerprint density at radius 1 is 1.14 bits per heavy atom. The molecule has 1 aromatic carbocycles. The lowest BCUT2D eigenvalue weighted by molar-refractivity contribution is -0.138. The number of aliphatic hydroxyl groups is 1. The second-order valence-electron chi connectivity index (χ2n) is 6.17. The molecule has 2 aliphatic rings. The van der Waals surface area contributed by atoms with Gasteiger partial charge < -0.3 is 5.11 Å². The minimum absolute atomic E-state index is 0.0616. The molecule has 2 atom stereocenters. The van der Waals surface area contributed by atoms with Crippen LogP contribution in [0.2, 0.25) is 0 Å². The van der Waals surface area contributed by atoms with Gasteiger partial charge in [0, 0.05) is 21.3 Å². The van der Waals surface area contributed by atoms with Gasteiger partial charge in [0.1, 0.15) is 5.82 Å². The molecule has 0 aliphatic carbocycles. The number of benzene rings is 1. The van der Waals surface area contributed by atoms with Gasteiger partial charge in [-0.3, -0.25) is 4.21 Å². The summed E-state index contributed by atoms with van der Waals surface area (Å²) in [7, 11) is -1.06. The second-order valence-corrected chi connectivity index (χ2v) is 8.16. The molecule has 0 spiro atoms. The summed E-state index contributed by atoms with van der Waals surface area (Å²) in [5.41, 5.74) is -2.70. The summed E-state index contributed by atoms with van der Waals surface area (Å²) in [6.07, 6.45) is -2.14. The van der Waals surface area contributed by atoms with Gasteiger partial charge in [-0.15, -0.1) is 0 Å². The topological polar surface area (TPSA) is 37.3 Å². The first-order valence-electron chi connectivity index (χ1n) is 7.19. The minimum Gasteiger partial charge on any atom is -0.385 e. The van der Waals surface area contributed by atoms with Crippen molar-refractivity contribution in [1.82, 2.24) is 0 Å².